The van der Waals surface area contributed by atoms with Gasteiger partial charge in [-0.3, -0.25) is 9.69 Å². The third-order valence-corrected chi connectivity index (χ3v) is 4.78. The van der Waals surface area contributed by atoms with E-state index >= 15 is 0 Å². The number of ketones is 1. The van der Waals surface area contributed by atoms with Gasteiger partial charge < -0.3 is 14.7 Å². The van der Waals surface area contributed by atoms with Crippen LogP contribution in [-0.4, -0.2) is 68.3 Å². The van der Waals surface area contributed by atoms with Crippen LogP contribution in [0.25, 0.3) is 0 Å². The number of hydrogen-bond acceptors (Lipinski definition) is 5. The number of halogens is 1. The number of aliphatic hydroxyl groups excluding tert-OH is 1. The fraction of sp³-hybridized carbons (Fsp3) is 0.588. The maximum Gasteiger partial charge on any atom is 0.159 e. The van der Waals surface area contributed by atoms with Gasteiger partial charge in [-0.15, -0.1) is 0 Å². The van der Waals surface area contributed by atoms with Crippen molar-refractivity contribution in [2.24, 2.45) is 5.41 Å². The van der Waals surface area contributed by atoms with Crippen molar-refractivity contribution in [1.29, 1.82) is 0 Å². The van der Waals surface area contributed by atoms with Gasteiger partial charge in [-0.2, -0.15) is 0 Å². The van der Waals surface area contributed by atoms with Crippen molar-refractivity contribution in [3.05, 3.63) is 29.6 Å². The summed E-state index contributed by atoms with van der Waals surface area (Å²) in [4.78, 5) is 15.6. The molecule has 6 heteroatoms. The van der Waals surface area contributed by atoms with Crippen molar-refractivity contribution >= 4 is 11.5 Å². The molecular formula is C17H23FN2O3. The van der Waals surface area contributed by atoms with Crippen molar-refractivity contribution in [3.8, 4) is 0 Å². The van der Waals surface area contributed by atoms with Crippen LogP contribution in [-0.2, 0) is 4.74 Å². The molecule has 0 amide bonds. The molecule has 1 N–H and O–H groups in total. The van der Waals surface area contributed by atoms with Gasteiger partial charge in [0.2, 0.25) is 0 Å². The zero-order valence-corrected chi connectivity index (χ0v) is 13.4. The lowest BCUT2D eigenvalue weighted by Crippen LogP contribution is -2.57. The number of rotatable bonds is 5. The normalized spacial score (nSPS) is 21.1. The Balaban J connectivity index is 1.59. The van der Waals surface area contributed by atoms with Crippen molar-refractivity contribution in [3.63, 3.8) is 0 Å². The molecule has 5 nitrogen and oxygen atoms in total. The van der Waals surface area contributed by atoms with Crippen molar-refractivity contribution in [2.75, 3.05) is 57.4 Å². The largest absolute Gasteiger partial charge is 0.396 e. The van der Waals surface area contributed by atoms with Crippen LogP contribution in [0.4, 0.5) is 10.1 Å². The van der Waals surface area contributed by atoms with Gasteiger partial charge in [-0.1, -0.05) is 0 Å². The molecule has 1 aromatic carbocycles. The van der Waals surface area contributed by atoms with E-state index in [0.717, 1.165) is 32.7 Å². The number of piperazine rings is 1. The van der Waals surface area contributed by atoms with E-state index in [1.807, 2.05) is 4.90 Å². The first-order chi connectivity index (χ1) is 11.0. The molecule has 0 atom stereocenters. The van der Waals surface area contributed by atoms with E-state index in [0.29, 0.717) is 24.5 Å². The van der Waals surface area contributed by atoms with Crippen LogP contribution in [0.2, 0.25) is 0 Å². The van der Waals surface area contributed by atoms with Gasteiger partial charge in [0.25, 0.3) is 0 Å². The summed E-state index contributed by atoms with van der Waals surface area (Å²) in [6, 6.07) is 4.69. The fourth-order valence-corrected chi connectivity index (χ4v) is 3.23. The number of carbonyl (C=O) groups is 1. The quantitative estimate of drug-likeness (QED) is 0.825. The predicted octanol–water partition coefficient (Wildman–Crippen LogP) is 1.16. The van der Waals surface area contributed by atoms with E-state index in [4.69, 9.17) is 4.74 Å². The van der Waals surface area contributed by atoms with E-state index in [9.17, 15) is 14.3 Å². The molecule has 0 aliphatic carbocycles. The minimum Gasteiger partial charge on any atom is -0.396 e. The van der Waals surface area contributed by atoms with E-state index in [2.05, 4.69) is 4.90 Å². The van der Waals surface area contributed by atoms with Crippen molar-refractivity contribution in [1.82, 2.24) is 4.90 Å². The van der Waals surface area contributed by atoms with Crippen LogP contribution in [0, 0.1) is 11.2 Å². The zero-order valence-electron chi connectivity index (χ0n) is 13.4. The SMILES string of the molecule is CC(=O)c1ccc(N2CCN(CC3(CO)COC3)CC2)c(F)c1. The minimum absolute atomic E-state index is 0.115. The first-order valence-electron chi connectivity index (χ1n) is 7.99. The summed E-state index contributed by atoms with van der Waals surface area (Å²) in [5.41, 5.74) is 0.842. The molecule has 2 saturated heterocycles. The molecular weight excluding hydrogens is 299 g/mol. The number of hydrogen-bond donors (Lipinski definition) is 1. The molecule has 126 valence electrons. The van der Waals surface area contributed by atoms with Crippen LogP contribution >= 0.6 is 0 Å². The predicted molar refractivity (Wildman–Crippen MR) is 85.4 cm³/mol. The maximum absolute atomic E-state index is 14.2. The number of anilines is 1. The Labute approximate surface area is 135 Å². The number of carbonyl (C=O) groups excluding carboxylic acids is 1. The van der Waals surface area contributed by atoms with E-state index in [-0.39, 0.29) is 23.6 Å². The summed E-state index contributed by atoms with van der Waals surface area (Å²) >= 11 is 0. The lowest BCUT2D eigenvalue weighted by atomic mass is 9.86. The summed E-state index contributed by atoms with van der Waals surface area (Å²) in [7, 11) is 0. The van der Waals surface area contributed by atoms with Crippen molar-refractivity contribution < 1.29 is 19.0 Å². The molecule has 0 radical (unpaired) electrons. The molecule has 0 saturated carbocycles. The lowest BCUT2D eigenvalue weighted by Gasteiger charge is -2.45. The summed E-state index contributed by atoms with van der Waals surface area (Å²) in [6.07, 6.45) is 0. The molecule has 2 aliphatic heterocycles. The van der Waals surface area contributed by atoms with Crippen LogP contribution in [0.5, 0.6) is 0 Å². The second-order valence-electron chi connectivity index (χ2n) is 6.64. The highest BCUT2D eigenvalue weighted by molar-refractivity contribution is 5.94. The van der Waals surface area contributed by atoms with Crippen LogP contribution in [0.3, 0.4) is 0 Å². The highest BCUT2D eigenvalue weighted by atomic mass is 19.1. The standard InChI is InChI=1S/C17H23FN2O3/c1-13(22)14-2-3-16(15(18)8-14)20-6-4-19(5-7-20)9-17(10-21)11-23-12-17/h2-3,8,21H,4-7,9-12H2,1H3. The monoisotopic (exact) mass is 322 g/mol. The third-order valence-electron chi connectivity index (χ3n) is 4.78. The summed E-state index contributed by atoms with van der Waals surface area (Å²) in [6.45, 7) is 6.77. The van der Waals surface area contributed by atoms with E-state index in [1.54, 1.807) is 12.1 Å². The van der Waals surface area contributed by atoms with Gasteiger partial charge in [0.05, 0.1) is 30.9 Å². The Kier molecular flexibility index (Phi) is 4.66. The smallest absolute Gasteiger partial charge is 0.159 e. The summed E-state index contributed by atoms with van der Waals surface area (Å²) < 4.78 is 19.5. The second-order valence-corrected chi connectivity index (χ2v) is 6.64. The topological polar surface area (TPSA) is 53.0 Å². The van der Waals surface area contributed by atoms with Gasteiger partial charge >= 0.3 is 0 Å². The molecule has 2 heterocycles. The molecule has 3 rings (SSSR count). The molecule has 0 unspecified atom stereocenters. The van der Waals surface area contributed by atoms with Gasteiger partial charge in [-0.25, -0.2) is 4.39 Å². The highest BCUT2D eigenvalue weighted by Crippen LogP contribution is 2.29. The molecule has 0 aromatic heterocycles. The molecule has 2 aliphatic rings. The summed E-state index contributed by atoms with van der Waals surface area (Å²) in [5.74, 6) is -0.470. The number of aliphatic hydroxyl groups is 1. The third kappa shape index (κ3) is 3.39. The van der Waals surface area contributed by atoms with E-state index in [1.165, 1.54) is 13.0 Å². The Morgan fingerprint density at radius 2 is 2.00 bits per heavy atom. The lowest BCUT2D eigenvalue weighted by molar-refractivity contribution is -0.148. The van der Waals surface area contributed by atoms with Crippen LogP contribution < -0.4 is 4.90 Å². The average molecular weight is 322 g/mol. The first-order valence-corrected chi connectivity index (χ1v) is 7.99. The zero-order chi connectivity index (χ0) is 16.4. The maximum atomic E-state index is 14.2. The van der Waals surface area contributed by atoms with Gasteiger partial charge in [-0.05, 0) is 25.1 Å². The molecule has 0 bridgehead atoms. The number of nitrogens with zero attached hydrogens (tertiary/aromatic N) is 2. The second kappa shape index (κ2) is 6.55. The number of Topliss-reactive ketones (excluding diaryl/α,β-unsaturated/α-hetero) is 1. The van der Waals surface area contributed by atoms with Crippen molar-refractivity contribution in [2.45, 2.75) is 6.92 Å². The Morgan fingerprint density at radius 1 is 1.30 bits per heavy atom. The van der Waals surface area contributed by atoms with Gasteiger partial charge in [0.1, 0.15) is 5.82 Å². The summed E-state index contributed by atoms with van der Waals surface area (Å²) in [5, 5.41) is 9.51. The minimum atomic E-state index is -0.342. The average Bonchev–Trinajstić information content (AvgIpc) is 2.51. The Bertz CT molecular complexity index is 576. The molecule has 1 aromatic rings. The van der Waals surface area contributed by atoms with Crippen LogP contribution in [0.1, 0.15) is 17.3 Å². The molecule has 23 heavy (non-hydrogen) atoms. The number of benzene rings is 1. The fourth-order valence-electron chi connectivity index (χ4n) is 3.23. The Morgan fingerprint density at radius 3 is 2.48 bits per heavy atom. The van der Waals surface area contributed by atoms with Gasteiger partial charge in [0, 0.05) is 38.3 Å². The first kappa shape index (κ1) is 16.4. The van der Waals surface area contributed by atoms with E-state index < -0.39 is 0 Å². The number of ether oxygens (including phenoxy) is 1. The highest BCUT2D eigenvalue weighted by Gasteiger charge is 2.40. The molecule has 0 spiro atoms. The van der Waals surface area contributed by atoms with Crippen LogP contribution in [0.15, 0.2) is 18.2 Å². The van der Waals surface area contributed by atoms with Gasteiger partial charge in [0.15, 0.2) is 5.78 Å². The Hall–Kier alpha value is -1.50. The molecule has 2 fully saturated rings.